The van der Waals surface area contributed by atoms with Gasteiger partial charge in [-0.15, -0.1) is 0 Å². The minimum absolute atomic E-state index is 0.0169. The molecule has 5 rings (SSSR count). The van der Waals surface area contributed by atoms with Crippen LogP contribution >= 0.6 is 34.5 Å². The number of hydrogen-bond donors (Lipinski definition) is 0. The van der Waals surface area contributed by atoms with E-state index in [-0.39, 0.29) is 57.8 Å². The maximum atomic E-state index is 14.4. The fourth-order valence-corrected chi connectivity index (χ4v) is 6.53. The number of carbonyl (C=O) groups excluding carboxylic acids is 2. The molecule has 262 valence electrons. The first-order valence-corrected chi connectivity index (χ1v) is 16.8. The molecule has 0 spiro atoms. The van der Waals surface area contributed by atoms with E-state index in [2.05, 4.69) is 4.99 Å². The number of esters is 2. The van der Waals surface area contributed by atoms with Crippen molar-refractivity contribution in [2.45, 2.75) is 39.6 Å². The maximum absolute atomic E-state index is 14.4. The maximum Gasteiger partial charge on any atom is 0.434 e. The number of carbonyl (C=O) groups is 2. The monoisotopic (exact) mass is 748 g/mol. The summed E-state index contributed by atoms with van der Waals surface area (Å²) in [7, 11) is 0. The Hall–Kier alpha value is -4.59. The van der Waals surface area contributed by atoms with E-state index in [0.717, 1.165) is 10.1 Å². The summed E-state index contributed by atoms with van der Waals surface area (Å²) in [5.74, 6) is -1.22. The molecule has 2 heterocycles. The highest BCUT2D eigenvalue weighted by molar-refractivity contribution is 7.07. The third kappa shape index (κ3) is 7.90. The predicted octanol–water partition coefficient (Wildman–Crippen LogP) is 6.80. The molecule has 50 heavy (non-hydrogen) atoms. The average Bonchev–Trinajstić information content (AvgIpc) is 3.38. The molecule has 1 aliphatic heterocycles. The first kappa shape index (κ1) is 36.7. The van der Waals surface area contributed by atoms with Crippen LogP contribution in [-0.4, -0.2) is 42.5 Å². The van der Waals surface area contributed by atoms with Crippen molar-refractivity contribution in [1.82, 2.24) is 4.57 Å². The fourth-order valence-electron chi connectivity index (χ4n) is 5.13. The molecule has 9 nitrogen and oxygen atoms in total. The van der Waals surface area contributed by atoms with Crippen LogP contribution in [0.4, 0.5) is 13.2 Å². The molecule has 0 radical (unpaired) electrons. The molecule has 0 saturated carbocycles. The van der Waals surface area contributed by atoms with E-state index in [1.54, 1.807) is 44.2 Å². The van der Waals surface area contributed by atoms with Crippen LogP contribution in [0.15, 0.2) is 81.7 Å². The zero-order chi connectivity index (χ0) is 36.2. The Morgan fingerprint density at radius 3 is 2.20 bits per heavy atom. The summed E-state index contributed by atoms with van der Waals surface area (Å²) in [5.41, 5.74) is -1.26. The number of fused-ring (bicyclic) bond motifs is 1. The normalized spacial score (nSPS) is 14.6. The molecule has 0 amide bonds. The van der Waals surface area contributed by atoms with Gasteiger partial charge in [-0.25, -0.2) is 14.6 Å². The van der Waals surface area contributed by atoms with E-state index < -0.39 is 41.0 Å². The Bertz CT molecular complexity index is 2130. The SMILES string of the molecule is CCOC(=O)C1=C(C(F)(F)F)N=c2s/c(=C\c3cc(Cl)c(OCc4ccc(C(=O)OCC)cc4)c(OCC)c3)c(=O)n2[C@@H]1c1ccc(Cl)cc1. The second-order valence-electron chi connectivity index (χ2n) is 10.6. The number of benzene rings is 3. The van der Waals surface area contributed by atoms with Gasteiger partial charge in [0.1, 0.15) is 6.61 Å². The van der Waals surface area contributed by atoms with Crippen molar-refractivity contribution < 1.29 is 41.7 Å². The Kier molecular flexibility index (Phi) is 11.4. The van der Waals surface area contributed by atoms with E-state index in [4.69, 9.17) is 42.1 Å². The van der Waals surface area contributed by atoms with Crippen molar-refractivity contribution in [3.8, 4) is 11.5 Å². The lowest BCUT2D eigenvalue weighted by atomic mass is 9.95. The number of ether oxygens (including phenoxy) is 4. The van der Waals surface area contributed by atoms with Crippen LogP contribution in [0.3, 0.4) is 0 Å². The van der Waals surface area contributed by atoms with Gasteiger partial charge in [-0.1, -0.05) is 58.8 Å². The standard InChI is InChI=1S/C35H29Cl2F3N2O7S/c1-4-46-25-16-20(15-24(37)29(25)49-18-19-7-9-22(10-8-19)32(44)47-5-2)17-26-31(43)42-28(21-11-13-23(36)14-12-21)27(33(45)48-6-3)30(35(38,39)40)41-34(42)50-26/h7-17,28H,4-6,18H2,1-3H3/b26-17-/t28-/m1/s1. The zero-order valence-corrected chi connectivity index (χ0v) is 29.1. The van der Waals surface area contributed by atoms with Crippen LogP contribution in [0.2, 0.25) is 10.0 Å². The van der Waals surface area contributed by atoms with Gasteiger partial charge in [0.25, 0.3) is 5.56 Å². The summed E-state index contributed by atoms with van der Waals surface area (Å²) >= 11 is 13.4. The van der Waals surface area contributed by atoms with Gasteiger partial charge in [0, 0.05) is 5.02 Å². The molecule has 0 fully saturated rings. The molecule has 0 N–H and O–H groups in total. The Balaban J connectivity index is 1.57. The van der Waals surface area contributed by atoms with E-state index in [0.29, 0.717) is 27.5 Å². The average molecular weight is 750 g/mol. The van der Waals surface area contributed by atoms with Crippen LogP contribution in [0.25, 0.3) is 6.08 Å². The minimum atomic E-state index is -5.04. The quantitative estimate of drug-likeness (QED) is 0.155. The van der Waals surface area contributed by atoms with Gasteiger partial charge in [-0.2, -0.15) is 13.2 Å². The highest BCUT2D eigenvalue weighted by Gasteiger charge is 2.45. The topological polar surface area (TPSA) is 105 Å². The smallest absolute Gasteiger partial charge is 0.434 e. The highest BCUT2D eigenvalue weighted by Crippen LogP contribution is 2.39. The van der Waals surface area contributed by atoms with Crippen molar-refractivity contribution in [2.24, 2.45) is 4.99 Å². The van der Waals surface area contributed by atoms with E-state index in [9.17, 15) is 27.6 Å². The number of rotatable bonds is 11. The van der Waals surface area contributed by atoms with Crippen LogP contribution in [0.5, 0.6) is 11.5 Å². The lowest BCUT2D eigenvalue weighted by Crippen LogP contribution is -2.41. The fraction of sp³-hybridized carbons (Fsp3) is 0.257. The van der Waals surface area contributed by atoms with Crippen LogP contribution < -0.4 is 24.4 Å². The summed E-state index contributed by atoms with van der Waals surface area (Å²) in [4.78, 5) is 42.5. The number of thiazole rings is 1. The van der Waals surface area contributed by atoms with Crippen molar-refractivity contribution in [2.75, 3.05) is 19.8 Å². The molecular weight excluding hydrogens is 720 g/mol. The third-order valence-electron chi connectivity index (χ3n) is 7.26. The second-order valence-corrected chi connectivity index (χ2v) is 12.4. The van der Waals surface area contributed by atoms with Gasteiger partial charge in [0.15, 0.2) is 22.0 Å². The predicted molar refractivity (Wildman–Crippen MR) is 182 cm³/mol. The molecule has 15 heteroatoms. The number of allylic oxidation sites excluding steroid dienone is 1. The largest absolute Gasteiger partial charge is 0.490 e. The molecule has 1 aromatic heterocycles. The van der Waals surface area contributed by atoms with Crippen molar-refractivity contribution >= 4 is 52.6 Å². The Morgan fingerprint density at radius 2 is 1.58 bits per heavy atom. The van der Waals surface area contributed by atoms with Crippen LogP contribution in [-0.2, 0) is 20.9 Å². The molecule has 0 bridgehead atoms. The molecule has 4 aromatic rings. The first-order chi connectivity index (χ1) is 23.9. The first-order valence-electron chi connectivity index (χ1n) is 15.3. The second kappa shape index (κ2) is 15.5. The molecule has 1 aliphatic rings. The Labute approximate surface area is 297 Å². The lowest BCUT2D eigenvalue weighted by molar-refractivity contribution is -0.140. The van der Waals surface area contributed by atoms with Gasteiger partial charge < -0.3 is 18.9 Å². The molecule has 1 atom stereocenters. The van der Waals surface area contributed by atoms with Crippen molar-refractivity contribution in [3.63, 3.8) is 0 Å². The van der Waals surface area contributed by atoms with E-state index in [1.165, 1.54) is 43.3 Å². The molecule has 3 aromatic carbocycles. The van der Waals surface area contributed by atoms with Gasteiger partial charge >= 0.3 is 18.1 Å². The number of hydrogen-bond acceptors (Lipinski definition) is 9. The number of halogens is 5. The Morgan fingerprint density at radius 1 is 0.920 bits per heavy atom. The van der Waals surface area contributed by atoms with Gasteiger partial charge in [-0.05, 0) is 79.9 Å². The van der Waals surface area contributed by atoms with Crippen LogP contribution in [0, 0.1) is 0 Å². The van der Waals surface area contributed by atoms with E-state index >= 15 is 0 Å². The number of nitrogens with zero attached hydrogens (tertiary/aromatic N) is 2. The lowest BCUT2D eigenvalue weighted by Gasteiger charge is -2.26. The molecular formula is C35H29Cl2F3N2O7S. The third-order valence-corrected chi connectivity index (χ3v) is 8.77. The van der Waals surface area contributed by atoms with Gasteiger partial charge in [0.2, 0.25) is 0 Å². The zero-order valence-electron chi connectivity index (χ0n) is 26.8. The summed E-state index contributed by atoms with van der Waals surface area (Å²) in [5, 5.41) is 0.446. The van der Waals surface area contributed by atoms with Crippen molar-refractivity contribution in [3.05, 3.63) is 124 Å². The van der Waals surface area contributed by atoms with Crippen LogP contribution in [0.1, 0.15) is 53.9 Å². The highest BCUT2D eigenvalue weighted by atomic mass is 35.5. The summed E-state index contributed by atoms with van der Waals surface area (Å²) in [6, 6.07) is 14.0. The summed E-state index contributed by atoms with van der Waals surface area (Å²) < 4.78 is 66.1. The van der Waals surface area contributed by atoms with Gasteiger partial charge in [-0.3, -0.25) is 9.36 Å². The van der Waals surface area contributed by atoms with Gasteiger partial charge in [0.05, 0.1) is 46.6 Å². The molecule has 0 aliphatic carbocycles. The minimum Gasteiger partial charge on any atom is -0.490 e. The summed E-state index contributed by atoms with van der Waals surface area (Å²) in [6.07, 6.45) is -3.60. The molecule has 0 unspecified atom stereocenters. The van der Waals surface area contributed by atoms with Crippen molar-refractivity contribution in [1.29, 1.82) is 0 Å². The summed E-state index contributed by atoms with van der Waals surface area (Å²) in [6.45, 7) is 5.31. The van der Waals surface area contributed by atoms with E-state index in [1.807, 2.05) is 0 Å². The molecule has 0 saturated heterocycles. The number of aromatic nitrogens is 1. The number of alkyl halides is 3.